The van der Waals surface area contributed by atoms with Crippen molar-refractivity contribution in [3.8, 4) is 11.5 Å². The Labute approximate surface area is 99.2 Å². The quantitative estimate of drug-likeness (QED) is 0.746. The number of carbonyl (C=O) groups is 1. The van der Waals surface area contributed by atoms with Gasteiger partial charge in [-0.3, -0.25) is 4.79 Å². The van der Waals surface area contributed by atoms with Gasteiger partial charge in [-0.1, -0.05) is 6.07 Å². The maximum atomic E-state index is 10.4. The van der Waals surface area contributed by atoms with E-state index in [1.807, 2.05) is 0 Å². The van der Waals surface area contributed by atoms with Crippen LogP contribution in [-0.2, 0) is 4.79 Å². The Morgan fingerprint density at radius 1 is 1.56 bits per heavy atom. The van der Waals surface area contributed by atoms with Gasteiger partial charge < -0.3 is 20.7 Å². The maximum absolute atomic E-state index is 10.4. The van der Waals surface area contributed by atoms with Crippen LogP contribution in [0.1, 0.15) is 18.0 Å². The summed E-state index contributed by atoms with van der Waals surface area (Å²) in [6.45, 7) is 0. The molecule has 1 rings (SSSR count). The van der Waals surface area contributed by atoms with Crippen LogP contribution in [0.25, 0.3) is 0 Å². The number of carboxylic acids is 1. The molecule has 0 aliphatic heterocycles. The number of phenolic OH excluding ortho intramolecular Hbond substituents is 1. The number of carboxylic acid groups (broad SMARTS) is 1. The molecule has 4 N–H and O–H groups in total. The first-order valence-electron chi connectivity index (χ1n) is 4.39. The van der Waals surface area contributed by atoms with E-state index >= 15 is 0 Å². The molecule has 0 fully saturated rings. The molecule has 90 valence electrons. The number of ether oxygens (including phenoxy) is 1. The molecule has 1 aromatic rings. The molecule has 0 aliphatic carbocycles. The van der Waals surface area contributed by atoms with Crippen molar-refractivity contribution < 1.29 is 19.7 Å². The second-order valence-corrected chi connectivity index (χ2v) is 3.14. The van der Waals surface area contributed by atoms with Gasteiger partial charge in [0.1, 0.15) is 0 Å². The first kappa shape index (κ1) is 14.5. The van der Waals surface area contributed by atoms with Crippen molar-refractivity contribution in [1.29, 1.82) is 0 Å². The minimum absolute atomic E-state index is 0. The van der Waals surface area contributed by atoms with E-state index in [-0.39, 0.29) is 30.3 Å². The number of methoxy groups -OCH3 is 1. The first-order chi connectivity index (χ1) is 7.04. The van der Waals surface area contributed by atoms with Crippen molar-refractivity contribution in [3.05, 3.63) is 23.8 Å². The van der Waals surface area contributed by atoms with E-state index in [0.29, 0.717) is 5.56 Å². The Kier molecular flexibility index (Phi) is 5.63. The Morgan fingerprint density at radius 2 is 2.19 bits per heavy atom. The lowest BCUT2D eigenvalue weighted by Crippen LogP contribution is -2.14. The van der Waals surface area contributed by atoms with Gasteiger partial charge in [0, 0.05) is 6.04 Å². The summed E-state index contributed by atoms with van der Waals surface area (Å²) in [7, 11) is 1.42. The van der Waals surface area contributed by atoms with Crippen LogP contribution in [0.5, 0.6) is 11.5 Å². The van der Waals surface area contributed by atoms with E-state index in [2.05, 4.69) is 0 Å². The SMILES string of the molecule is COc1cc([C@@H](N)CC(=O)O)ccc1O.Cl. The summed E-state index contributed by atoms with van der Waals surface area (Å²) < 4.78 is 4.89. The van der Waals surface area contributed by atoms with Crippen LogP contribution in [0.2, 0.25) is 0 Å². The van der Waals surface area contributed by atoms with Crippen LogP contribution >= 0.6 is 12.4 Å². The third-order valence-corrected chi connectivity index (χ3v) is 2.03. The molecule has 16 heavy (non-hydrogen) atoms. The summed E-state index contributed by atoms with van der Waals surface area (Å²) in [6.07, 6.45) is -0.159. The fourth-order valence-corrected chi connectivity index (χ4v) is 1.23. The van der Waals surface area contributed by atoms with Gasteiger partial charge in [0.05, 0.1) is 13.5 Å². The highest BCUT2D eigenvalue weighted by atomic mass is 35.5. The predicted octanol–water partition coefficient (Wildman–Crippen LogP) is 1.30. The van der Waals surface area contributed by atoms with Crippen molar-refractivity contribution in [2.24, 2.45) is 5.73 Å². The highest BCUT2D eigenvalue weighted by Gasteiger charge is 2.12. The van der Waals surface area contributed by atoms with Crippen molar-refractivity contribution in [2.45, 2.75) is 12.5 Å². The van der Waals surface area contributed by atoms with Crippen molar-refractivity contribution in [1.82, 2.24) is 0 Å². The number of aliphatic carboxylic acids is 1. The van der Waals surface area contributed by atoms with Crippen LogP contribution in [0, 0.1) is 0 Å². The molecule has 1 atom stereocenters. The van der Waals surface area contributed by atoms with E-state index < -0.39 is 12.0 Å². The average Bonchev–Trinajstić information content (AvgIpc) is 2.17. The maximum Gasteiger partial charge on any atom is 0.305 e. The minimum atomic E-state index is -0.963. The van der Waals surface area contributed by atoms with Crippen LogP contribution in [0.3, 0.4) is 0 Å². The lowest BCUT2D eigenvalue weighted by molar-refractivity contribution is -0.137. The fourth-order valence-electron chi connectivity index (χ4n) is 1.23. The lowest BCUT2D eigenvalue weighted by atomic mass is 10.0. The zero-order valence-corrected chi connectivity index (χ0v) is 9.53. The zero-order valence-electron chi connectivity index (χ0n) is 8.71. The highest BCUT2D eigenvalue weighted by Crippen LogP contribution is 2.28. The molecule has 0 saturated carbocycles. The lowest BCUT2D eigenvalue weighted by Gasteiger charge is -2.11. The number of hydrogen-bond donors (Lipinski definition) is 3. The summed E-state index contributed by atoms with van der Waals surface area (Å²) in [5.74, 6) is -0.674. The van der Waals surface area contributed by atoms with E-state index in [1.165, 1.54) is 19.2 Å². The van der Waals surface area contributed by atoms with Gasteiger partial charge in [-0.2, -0.15) is 0 Å². The fraction of sp³-hybridized carbons (Fsp3) is 0.300. The van der Waals surface area contributed by atoms with Crippen molar-refractivity contribution in [2.75, 3.05) is 7.11 Å². The summed E-state index contributed by atoms with van der Waals surface area (Å²) >= 11 is 0. The molecule has 5 nitrogen and oxygen atoms in total. The normalized spacial score (nSPS) is 11.4. The predicted molar refractivity (Wildman–Crippen MR) is 61.1 cm³/mol. The molecular formula is C10H14ClNO4. The van der Waals surface area contributed by atoms with Crippen LogP contribution in [0.15, 0.2) is 18.2 Å². The average molecular weight is 248 g/mol. The number of rotatable bonds is 4. The third-order valence-electron chi connectivity index (χ3n) is 2.03. The summed E-state index contributed by atoms with van der Waals surface area (Å²) in [4.78, 5) is 10.4. The largest absolute Gasteiger partial charge is 0.504 e. The van der Waals surface area contributed by atoms with Crippen LogP contribution in [-0.4, -0.2) is 23.3 Å². The molecule has 0 aliphatic rings. The van der Waals surface area contributed by atoms with Crippen molar-refractivity contribution >= 4 is 18.4 Å². The molecule has 0 heterocycles. The van der Waals surface area contributed by atoms with Crippen LogP contribution in [0.4, 0.5) is 0 Å². The monoisotopic (exact) mass is 247 g/mol. The third kappa shape index (κ3) is 3.60. The summed E-state index contributed by atoms with van der Waals surface area (Å²) in [6, 6.07) is 3.93. The van der Waals surface area contributed by atoms with Gasteiger partial charge in [-0.15, -0.1) is 12.4 Å². The number of benzene rings is 1. The second kappa shape index (κ2) is 6.19. The number of aromatic hydroxyl groups is 1. The Morgan fingerprint density at radius 3 is 2.69 bits per heavy atom. The molecule has 0 unspecified atom stereocenters. The van der Waals surface area contributed by atoms with Gasteiger partial charge in [-0.25, -0.2) is 0 Å². The molecule has 0 radical (unpaired) electrons. The number of halogens is 1. The van der Waals surface area contributed by atoms with Gasteiger partial charge in [-0.05, 0) is 17.7 Å². The molecule has 1 aromatic carbocycles. The Balaban J connectivity index is 0.00000225. The molecule has 0 saturated heterocycles. The van der Waals surface area contributed by atoms with E-state index in [0.717, 1.165) is 0 Å². The number of nitrogens with two attached hydrogens (primary N) is 1. The standard InChI is InChI=1S/C10H13NO4.ClH/c1-15-9-4-6(2-3-8(9)12)7(11)5-10(13)14;/h2-4,7,12H,5,11H2,1H3,(H,13,14);1H/t7-;/m0./s1. The molecule has 6 heteroatoms. The summed E-state index contributed by atoms with van der Waals surface area (Å²) in [5.41, 5.74) is 6.27. The number of hydrogen-bond acceptors (Lipinski definition) is 4. The van der Waals surface area contributed by atoms with Gasteiger partial charge in [0.25, 0.3) is 0 Å². The highest BCUT2D eigenvalue weighted by molar-refractivity contribution is 5.85. The van der Waals surface area contributed by atoms with Gasteiger partial charge in [0.2, 0.25) is 0 Å². The Hall–Kier alpha value is -1.46. The minimum Gasteiger partial charge on any atom is -0.504 e. The topological polar surface area (TPSA) is 92.8 Å². The van der Waals surface area contributed by atoms with E-state index in [9.17, 15) is 9.90 Å². The van der Waals surface area contributed by atoms with E-state index in [4.69, 9.17) is 15.6 Å². The molecule has 0 amide bonds. The Bertz CT molecular complexity index is 370. The number of phenols is 1. The second-order valence-electron chi connectivity index (χ2n) is 3.14. The molecular weight excluding hydrogens is 234 g/mol. The molecule has 0 aromatic heterocycles. The zero-order chi connectivity index (χ0) is 11.4. The molecule has 0 spiro atoms. The van der Waals surface area contributed by atoms with Gasteiger partial charge >= 0.3 is 5.97 Å². The van der Waals surface area contributed by atoms with E-state index in [1.54, 1.807) is 6.07 Å². The van der Waals surface area contributed by atoms with Gasteiger partial charge in [0.15, 0.2) is 11.5 Å². The van der Waals surface area contributed by atoms with Crippen molar-refractivity contribution in [3.63, 3.8) is 0 Å². The summed E-state index contributed by atoms with van der Waals surface area (Å²) in [5, 5.41) is 17.9. The first-order valence-corrected chi connectivity index (χ1v) is 4.39. The smallest absolute Gasteiger partial charge is 0.305 e. The van der Waals surface area contributed by atoms with Crippen LogP contribution < -0.4 is 10.5 Å². The molecule has 0 bridgehead atoms.